The van der Waals surface area contributed by atoms with Crippen molar-refractivity contribution in [2.45, 2.75) is 6.92 Å². The van der Waals surface area contributed by atoms with Crippen LogP contribution in [0.2, 0.25) is 0 Å². The normalized spacial score (nSPS) is 14.9. The van der Waals surface area contributed by atoms with Crippen molar-refractivity contribution in [2.24, 2.45) is 0 Å². The number of carbonyl (C=O) groups is 2. The summed E-state index contributed by atoms with van der Waals surface area (Å²) in [6.45, 7) is 1.84. The molecule has 0 bridgehead atoms. The topological polar surface area (TPSA) is 40.6 Å². The molecule has 1 saturated heterocycles. The third kappa shape index (κ3) is 2.66. The molecule has 1 aliphatic rings. The molecule has 3 rings (SSSR count). The Labute approximate surface area is 134 Å². The molecule has 2 amide bonds. The van der Waals surface area contributed by atoms with E-state index in [9.17, 15) is 9.59 Å². The first-order valence-electron chi connectivity index (χ1n) is 7.36. The second-order valence-electron chi connectivity index (χ2n) is 5.01. The van der Waals surface area contributed by atoms with Crippen molar-refractivity contribution in [3.05, 3.63) is 84.5 Å². The Balaban J connectivity index is 2.13. The predicted molar refractivity (Wildman–Crippen MR) is 90.8 cm³/mol. The van der Waals surface area contributed by atoms with Crippen LogP contribution in [0.4, 0.5) is 11.4 Å². The van der Waals surface area contributed by atoms with Crippen molar-refractivity contribution < 1.29 is 9.59 Å². The number of hydrazine groups is 1. The lowest BCUT2D eigenvalue weighted by molar-refractivity contribution is -0.116. The first-order valence-corrected chi connectivity index (χ1v) is 7.36. The van der Waals surface area contributed by atoms with Gasteiger partial charge in [0, 0.05) is 0 Å². The minimum atomic E-state index is -0.330. The quantitative estimate of drug-likeness (QED) is 0.643. The van der Waals surface area contributed by atoms with Crippen LogP contribution >= 0.6 is 0 Å². The van der Waals surface area contributed by atoms with E-state index in [-0.39, 0.29) is 17.4 Å². The Morgan fingerprint density at radius 3 is 1.57 bits per heavy atom. The highest BCUT2D eigenvalue weighted by atomic mass is 16.2. The standard InChI is InChI=1S/C19H16N2O2/c1-2-3-14-17-18(22)20(15-10-6-4-7-11-15)21(19(17)23)16-12-8-5-9-13-16/h2-14H,1H3. The lowest BCUT2D eigenvalue weighted by atomic mass is 10.2. The molecular weight excluding hydrogens is 288 g/mol. The summed E-state index contributed by atoms with van der Waals surface area (Å²) in [6, 6.07) is 18.3. The van der Waals surface area contributed by atoms with Gasteiger partial charge in [-0.15, -0.1) is 0 Å². The summed E-state index contributed by atoms with van der Waals surface area (Å²) in [5, 5.41) is 2.82. The molecular formula is C19H16N2O2. The number of hydrogen-bond donors (Lipinski definition) is 0. The molecule has 0 aliphatic carbocycles. The van der Waals surface area contributed by atoms with Crippen LogP contribution in [-0.2, 0) is 9.59 Å². The number of carbonyl (C=O) groups excluding carboxylic acids is 2. The van der Waals surface area contributed by atoms with Crippen molar-refractivity contribution >= 4 is 23.2 Å². The summed E-state index contributed by atoms with van der Waals surface area (Å²) in [7, 11) is 0. The van der Waals surface area contributed by atoms with Crippen molar-refractivity contribution in [3.8, 4) is 0 Å². The van der Waals surface area contributed by atoms with Crippen LogP contribution in [0.1, 0.15) is 6.92 Å². The minimum absolute atomic E-state index is 0.149. The molecule has 23 heavy (non-hydrogen) atoms. The number of hydrogen-bond acceptors (Lipinski definition) is 2. The van der Waals surface area contributed by atoms with Gasteiger partial charge in [0.05, 0.1) is 11.4 Å². The molecule has 2 aromatic rings. The molecule has 0 unspecified atom stereocenters. The molecule has 0 aromatic heterocycles. The highest BCUT2D eigenvalue weighted by Gasteiger charge is 2.42. The summed E-state index contributed by atoms with van der Waals surface area (Å²) >= 11 is 0. The van der Waals surface area contributed by atoms with Gasteiger partial charge in [-0.2, -0.15) is 0 Å². The van der Waals surface area contributed by atoms with E-state index >= 15 is 0 Å². The van der Waals surface area contributed by atoms with Crippen LogP contribution in [-0.4, -0.2) is 11.8 Å². The zero-order valence-corrected chi connectivity index (χ0v) is 12.7. The molecule has 0 spiro atoms. The Morgan fingerprint density at radius 1 is 0.739 bits per heavy atom. The molecule has 1 heterocycles. The predicted octanol–water partition coefficient (Wildman–Crippen LogP) is 3.48. The molecule has 2 aromatic carbocycles. The number of nitrogens with zero attached hydrogens (tertiary/aromatic N) is 2. The molecule has 114 valence electrons. The van der Waals surface area contributed by atoms with Crippen LogP contribution < -0.4 is 10.0 Å². The fraction of sp³-hybridized carbons (Fsp3) is 0.0526. The summed E-state index contributed by atoms with van der Waals surface area (Å²) < 4.78 is 0. The van der Waals surface area contributed by atoms with Gasteiger partial charge >= 0.3 is 0 Å². The average molecular weight is 304 g/mol. The Hall–Kier alpha value is -3.14. The van der Waals surface area contributed by atoms with Crippen molar-refractivity contribution in [1.29, 1.82) is 0 Å². The molecule has 1 aliphatic heterocycles. The van der Waals surface area contributed by atoms with E-state index in [4.69, 9.17) is 0 Å². The summed E-state index contributed by atoms with van der Waals surface area (Å²) in [4.78, 5) is 25.5. The molecule has 0 atom stereocenters. The van der Waals surface area contributed by atoms with Crippen LogP contribution in [0.3, 0.4) is 0 Å². The van der Waals surface area contributed by atoms with Crippen LogP contribution in [0.15, 0.2) is 84.5 Å². The van der Waals surface area contributed by atoms with Crippen LogP contribution in [0, 0.1) is 0 Å². The maximum atomic E-state index is 12.8. The van der Waals surface area contributed by atoms with E-state index in [1.807, 2.05) is 43.3 Å². The molecule has 0 radical (unpaired) electrons. The van der Waals surface area contributed by atoms with Crippen LogP contribution in [0.25, 0.3) is 0 Å². The summed E-state index contributed by atoms with van der Waals surface area (Å²) in [6.07, 6.45) is 5.04. The molecule has 4 nitrogen and oxygen atoms in total. The number of para-hydroxylation sites is 2. The molecule has 1 fully saturated rings. The first kappa shape index (κ1) is 14.8. The number of allylic oxidation sites excluding steroid dienone is 3. The highest BCUT2D eigenvalue weighted by Crippen LogP contribution is 2.31. The van der Waals surface area contributed by atoms with E-state index in [0.717, 1.165) is 0 Å². The van der Waals surface area contributed by atoms with Gasteiger partial charge in [0.15, 0.2) is 0 Å². The summed E-state index contributed by atoms with van der Waals surface area (Å²) in [5.41, 5.74) is 1.45. The van der Waals surface area contributed by atoms with E-state index in [0.29, 0.717) is 11.4 Å². The number of rotatable bonds is 3. The maximum absolute atomic E-state index is 12.8. The second kappa shape index (κ2) is 6.32. The third-order valence-electron chi connectivity index (χ3n) is 3.50. The zero-order valence-electron chi connectivity index (χ0n) is 12.7. The Kier molecular flexibility index (Phi) is 4.06. The molecule has 0 N–H and O–H groups in total. The van der Waals surface area contributed by atoms with Crippen molar-refractivity contribution in [2.75, 3.05) is 10.0 Å². The number of anilines is 2. The van der Waals surface area contributed by atoms with Gasteiger partial charge in [0.25, 0.3) is 11.8 Å². The van der Waals surface area contributed by atoms with Gasteiger partial charge in [-0.05, 0) is 37.3 Å². The second-order valence-corrected chi connectivity index (χ2v) is 5.01. The van der Waals surface area contributed by atoms with Gasteiger partial charge < -0.3 is 0 Å². The van der Waals surface area contributed by atoms with E-state index in [2.05, 4.69) is 0 Å². The monoisotopic (exact) mass is 304 g/mol. The third-order valence-corrected chi connectivity index (χ3v) is 3.50. The number of benzene rings is 2. The largest absolute Gasteiger partial charge is 0.283 e. The Morgan fingerprint density at radius 2 is 1.17 bits per heavy atom. The maximum Gasteiger partial charge on any atom is 0.283 e. The number of amides is 2. The fourth-order valence-electron chi connectivity index (χ4n) is 2.44. The van der Waals surface area contributed by atoms with Gasteiger partial charge in [-0.1, -0.05) is 48.6 Å². The van der Waals surface area contributed by atoms with Gasteiger partial charge in [0.2, 0.25) is 0 Å². The highest BCUT2D eigenvalue weighted by molar-refractivity contribution is 6.36. The van der Waals surface area contributed by atoms with Crippen molar-refractivity contribution in [3.63, 3.8) is 0 Å². The van der Waals surface area contributed by atoms with Gasteiger partial charge in [-0.3, -0.25) is 9.59 Å². The van der Waals surface area contributed by atoms with Gasteiger partial charge in [-0.25, -0.2) is 10.0 Å². The van der Waals surface area contributed by atoms with Crippen molar-refractivity contribution in [1.82, 2.24) is 0 Å². The zero-order chi connectivity index (χ0) is 16.2. The summed E-state index contributed by atoms with van der Waals surface area (Å²) in [5.74, 6) is -0.661. The van der Waals surface area contributed by atoms with Gasteiger partial charge in [0.1, 0.15) is 5.57 Å². The van der Waals surface area contributed by atoms with Crippen LogP contribution in [0.5, 0.6) is 0 Å². The van der Waals surface area contributed by atoms with E-state index in [1.165, 1.54) is 10.0 Å². The lowest BCUT2D eigenvalue weighted by Crippen LogP contribution is -2.41. The first-order chi connectivity index (χ1) is 11.2. The SMILES string of the molecule is CC=CC=C1C(=O)N(c2ccccc2)N(c2ccccc2)C1=O. The molecule has 0 saturated carbocycles. The lowest BCUT2D eigenvalue weighted by Gasteiger charge is -2.27. The smallest absolute Gasteiger partial charge is 0.267 e. The van der Waals surface area contributed by atoms with E-state index in [1.54, 1.807) is 42.5 Å². The minimum Gasteiger partial charge on any atom is -0.267 e. The Bertz CT molecular complexity index is 720. The fourth-order valence-corrected chi connectivity index (χ4v) is 2.44. The molecule has 4 heteroatoms. The van der Waals surface area contributed by atoms with E-state index < -0.39 is 0 Å². The average Bonchev–Trinajstić information content (AvgIpc) is 2.85.